The van der Waals surface area contributed by atoms with Gasteiger partial charge in [0.2, 0.25) is 5.13 Å². The van der Waals surface area contributed by atoms with Crippen LogP contribution in [0.25, 0.3) is 15.6 Å². The maximum Gasteiger partial charge on any atom is 0.262 e. The van der Waals surface area contributed by atoms with Gasteiger partial charge in [0.25, 0.3) is 5.91 Å². The van der Waals surface area contributed by atoms with Crippen molar-refractivity contribution in [3.63, 3.8) is 0 Å². The minimum Gasteiger partial charge on any atom is -0.313 e. The highest BCUT2D eigenvalue weighted by atomic mass is 32.1. The van der Waals surface area contributed by atoms with Gasteiger partial charge in [-0.25, -0.2) is 18.4 Å². The molecule has 4 rings (SSSR count). The van der Waals surface area contributed by atoms with Crippen LogP contribution in [0.15, 0.2) is 48.1 Å². The van der Waals surface area contributed by atoms with Gasteiger partial charge in [0.1, 0.15) is 17.2 Å². The predicted molar refractivity (Wildman–Crippen MR) is 102 cm³/mol. The van der Waals surface area contributed by atoms with E-state index in [9.17, 15) is 13.6 Å². The molecule has 0 aliphatic rings. The molecule has 1 aromatic carbocycles. The zero-order valence-electron chi connectivity index (χ0n) is 13.9. The number of aromatic nitrogens is 3. The number of carbonyl (C=O) groups is 1. The Balaban J connectivity index is 1.58. The molecule has 0 radical (unpaired) electrons. The number of halogens is 2. The highest BCUT2D eigenvalue weighted by Crippen LogP contribution is 2.34. The lowest BCUT2D eigenvalue weighted by Gasteiger charge is -2.04. The first-order chi connectivity index (χ1) is 13.0. The first kappa shape index (κ1) is 17.5. The topological polar surface area (TPSA) is 59.8 Å². The minimum atomic E-state index is -0.898. The molecule has 0 aliphatic carbocycles. The summed E-state index contributed by atoms with van der Waals surface area (Å²) in [6.45, 7) is 1.88. The number of benzene rings is 1. The normalized spacial score (nSPS) is 10.9. The molecule has 4 aromatic rings. The monoisotopic (exact) mass is 402 g/mol. The molecule has 0 bridgehead atoms. The zero-order chi connectivity index (χ0) is 19.0. The van der Waals surface area contributed by atoms with Gasteiger partial charge in [-0.15, -0.1) is 22.7 Å². The zero-order valence-corrected chi connectivity index (χ0v) is 15.6. The molecule has 0 saturated carbocycles. The van der Waals surface area contributed by atoms with E-state index in [2.05, 4.69) is 15.4 Å². The number of rotatable bonds is 4. The number of thiazole rings is 1. The molecule has 1 amide bonds. The van der Waals surface area contributed by atoms with E-state index >= 15 is 0 Å². The van der Waals surface area contributed by atoms with Crippen LogP contribution in [-0.4, -0.2) is 20.7 Å². The molecule has 3 heterocycles. The number of nitrogens with zero attached hydrogens (tertiary/aromatic N) is 3. The number of anilines is 1. The maximum absolute atomic E-state index is 13.8. The molecule has 1 N–H and O–H groups in total. The molecule has 27 heavy (non-hydrogen) atoms. The van der Waals surface area contributed by atoms with Gasteiger partial charge in [-0.05, 0) is 31.2 Å². The highest BCUT2D eigenvalue weighted by Gasteiger charge is 2.18. The van der Waals surface area contributed by atoms with Crippen LogP contribution in [0.1, 0.15) is 16.1 Å². The highest BCUT2D eigenvalue weighted by molar-refractivity contribution is 7.19. The molecule has 136 valence electrons. The van der Waals surface area contributed by atoms with E-state index in [0.29, 0.717) is 5.00 Å². The first-order valence-electron chi connectivity index (χ1n) is 7.84. The molecule has 0 atom stereocenters. The smallest absolute Gasteiger partial charge is 0.262 e. The Hall–Kier alpha value is -2.91. The quantitative estimate of drug-likeness (QED) is 0.528. The van der Waals surface area contributed by atoms with Crippen molar-refractivity contribution in [1.82, 2.24) is 14.8 Å². The summed E-state index contributed by atoms with van der Waals surface area (Å²) in [6, 6.07) is 6.83. The van der Waals surface area contributed by atoms with Gasteiger partial charge in [-0.1, -0.05) is 6.07 Å². The molecule has 0 fully saturated rings. The van der Waals surface area contributed by atoms with E-state index in [1.807, 2.05) is 24.6 Å². The third-order valence-electron chi connectivity index (χ3n) is 3.81. The Morgan fingerprint density at radius 1 is 1.19 bits per heavy atom. The maximum atomic E-state index is 13.8. The minimum absolute atomic E-state index is 0.485. The van der Waals surface area contributed by atoms with Gasteiger partial charge >= 0.3 is 0 Å². The number of nitrogens with one attached hydrogen (secondary N) is 1. The summed E-state index contributed by atoms with van der Waals surface area (Å²) in [7, 11) is 0. The number of hydrogen-bond donors (Lipinski definition) is 1. The number of hydrogen-bond acceptors (Lipinski definition) is 5. The van der Waals surface area contributed by atoms with Crippen LogP contribution >= 0.6 is 22.7 Å². The fraction of sp³-hybridized carbons (Fsp3) is 0.0556. The summed E-state index contributed by atoms with van der Waals surface area (Å²) in [5.74, 6) is -2.62. The summed E-state index contributed by atoms with van der Waals surface area (Å²) < 4.78 is 29.2. The molecule has 0 saturated heterocycles. The molecule has 9 heteroatoms. The standard InChI is InChI=1S/C18H12F2N4OS2/c1-10-11(9-24(23-10)18-21-7-8-26-18)14-5-6-15(27-14)22-17(25)16-12(19)3-2-4-13(16)20/h2-9H,1H3,(H,22,25). The van der Waals surface area contributed by atoms with Crippen molar-refractivity contribution in [3.8, 4) is 15.6 Å². The van der Waals surface area contributed by atoms with Gasteiger partial charge in [0, 0.05) is 28.2 Å². The summed E-state index contributed by atoms with van der Waals surface area (Å²) in [5.41, 5.74) is 1.11. The lowest BCUT2D eigenvalue weighted by Crippen LogP contribution is -2.14. The Labute approximate surface area is 160 Å². The second-order valence-corrected chi connectivity index (χ2v) is 7.56. The van der Waals surface area contributed by atoms with E-state index in [0.717, 1.165) is 33.4 Å². The van der Waals surface area contributed by atoms with E-state index in [1.54, 1.807) is 16.9 Å². The lowest BCUT2D eigenvalue weighted by atomic mass is 10.2. The van der Waals surface area contributed by atoms with Crippen molar-refractivity contribution in [2.24, 2.45) is 0 Å². The van der Waals surface area contributed by atoms with Crippen molar-refractivity contribution in [2.45, 2.75) is 6.92 Å². The first-order valence-corrected chi connectivity index (χ1v) is 9.54. The molecule has 0 spiro atoms. The third-order valence-corrected chi connectivity index (χ3v) is 5.61. The second-order valence-electron chi connectivity index (χ2n) is 5.60. The Bertz CT molecular complexity index is 1100. The lowest BCUT2D eigenvalue weighted by molar-refractivity contribution is 0.101. The van der Waals surface area contributed by atoms with E-state index in [-0.39, 0.29) is 0 Å². The van der Waals surface area contributed by atoms with Gasteiger partial charge < -0.3 is 5.32 Å². The summed E-state index contributed by atoms with van der Waals surface area (Å²) >= 11 is 2.77. The van der Waals surface area contributed by atoms with Gasteiger partial charge in [0.15, 0.2) is 0 Å². The molecule has 3 aromatic heterocycles. The Kier molecular flexibility index (Phi) is 4.54. The van der Waals surface area contributed by atoms with Crippen molar-refractivity contribution < 1.29 is 13.6 Å². The molecular weight excluding hydrogens is 390 g/mol. The van der Waals surface area contributed by atoms with Crippen molar-refractivity contribution in [3.05, 3.63) is 71.0 Å². The Morgan fingerprint density at radius 3 is 2.67 bits per heavy atom. The average molecular weight is 402 g/mol. The van der Waals surface area contributed by atoms with Crippen LogP contribution in [0.2, 0.25) is 0 Å². The Morgan fingerprint density at radius 2 is 1.96 bits per heavy atom. The van der Waals surface area contributed by atoms with E-state index in [4.69, 9.17) is 0 Å². The van der Waals surface area contributed by atoms with E-state index < -0.39 is 23.1 Å². The van der Waals surface area contributed by atoms with E-state index in [1.165, 1.54) is 28.7 Å². The average Bonchev–Trinajstić information content (AvgIpc) is 3.35. The van der Waals surface area contributed by atoms with Crippen LogP contribution < -0.4 is 5.32 Å². The summed E-state index contributed by atoms with van der Waals surface area (Å²) in [6.07, 6.45) is 3.57. The number of aryl methyl sites for hydroxylation is 1. The number of amides is 1. The van der Waals surface area contributed by atoms with Crippen LogP contribution in [0.5, 0.6) is 0 Å². The predicted octanol–water partition coefficient (Wildman–Crippen LogP) is 4.90. The third kappa shape index (κ3) is 3.38. The molecular formula is C18H12F2N4OS2. The second kappa shape index (κ2) is 7.01. The molecule has 0 unspecified atom stereocenters. The van der Waals surface area contributed by atoms with Crippen molar-refractivity contribution >= 4 is 33.6 Å². The number of carbonyl (C=O) groups excluding carboxylic acids is 1. The molecule has 5 nitrogen and oxygen atoms in total. The van der Waals surface area contributed by atoms with Gasteiger partial charge in [-0.3, -0.25) is 4.79 Å². The SMILES string of the molecule is Cc1nn(-c2nccs2)cc1-c1ccc(NC(=O)c2c(F)cccc2F)s1. The van der Waals surface area contributed by atoms with Crippen LogP contribution in [-0.2, 0) is 0 Å². The van der Waals surface area contributed by atoms with Crippen LogP contribution in [0.4, 0.5) is 13.8 Å². The van der Waals surface area contributed by atoms with Gasteiger partial charge in [-0.2, -0.15) is 5.10 Å². The van der Waals surface area contributed by atoms with Crippen molar-refractivity contribution in [1.29, 1.82) is 0 Å². The largest absolute Gasteiger partial charge is 0.313 e. The summed E-state index contributed by atoms with van der Waals surface area (Å²) in [5, 5.41) is 10.1. The summed E-state index contributed by atoms with van der Waals surface area (Å²) in [4.78, 5) is 17.3. The van der Waals surface area contributed by atoms with Crippen molar-refractivity contribution in [2.75, 3.05) is 5.32 Å². The molecule has 0 aliphatic heterocycles. The fourth-order valence-corrected chi connectivity index (χ4v) is 4.10. The van der Waals surface area contributed by atoms with Crippen LogP contribution in [0, 0.1) is 18.6 Å². The van der Waals surface area contributed by atoms with Crippen LogP contribution in [0.3, 0.4) is 0 Å². The van der Waals surface area contributed by atoms with Gasteiger partial charge in [0.05, 0.1) is 10.7 Å². The number of thiophene rings is 1. The fourth-order valence-electron chi connectivity index (χ4n) is 2.57.